The Hall–Kier alpha value is -3.05. The number of carboxylic acid groups (broad SMARTS) is 1. The summed E-state index contributed by atoms with van der Waals surface area (Å²) in [4.78, 5) is 12.2. The van der Waals surface area contributed by atoms with Gasteiger partial charge in [-0.05, 0) is 58.7 Å². The van der Waals surface area contributed by atoms with Crippen LogP contribution in [0.3, 0.4) is 0 Å². The van der Waals surface area contributed by atoms with E-state index in [9.17, 15) is 4.79 Å². The largest absolute Gasteiger partial charge is 0.478 e. The van der Waals surface area contributed by atoms with Crippen LogP contribution in [0.2, 0.25) is 0 Å². The fourth-order valence-electron chi connectivity index (χ4n) is 4.32. The number of benzene rings is 2. The number of rotatable bonds is 6. The Bertz CT molecular complexity index is 1200. The predicted molar refractivity (Wildman–Crippen MR) is 130 cm³/mol. The lowest BCUT2D eigenvalue weighted by Gasteiger charge is -2.23. The van der Waals surface area contributed by atoms with E-state index in [1.165, 1.54) is 27.7 Å². The van der Waals surface area contributed by atoms with Crippen LogP contribution in [0.25, 0.3) is 22.6 Å². The first-order chi connectivity index (χ1) is 15.0. The van der Waals surface area contributed by atoms with Crippen molar-refractivity contribution >= 4 is 40.3 Å². The SMILES string of the molecule is CC/C(=C(/c1ccc(/C=C/C(=O)O)cc1)c1ccc2[nH]ncc2c1)C1C=C(C)SC1C. The molecule has 2 heterocycles. The van der Waals surface area contributed by atoms with E-state index in [0.717, 1.165) is 28.5 Å². The molecule has 2 N–H and O–H groups in total. The van der Waals surface area contributed by atoms with Crippen LogP contribution >= 0.6 is 11.8 Å². The summed E-state index contributed by atoms with van der Waals surface area (Å²) in [7, 11) is 0. The maximum absolute atomic E-state index is 10.8. The van der Waals surface area contributed by atoms with Gasteiger partial charge in [-0.3, -0.25) is 5.10 Å². The number of aliphatic carboxylic acids is 1. The van der Waals surface area contributed by atoms with Crippen molar-refractivity contribution in [2.45, 2.75) is 32.4 Å². The third-order valence-electron chi connectivity index (χ3n) is 5.74. The highest BCUT2D eigenvalue weighted by Crippen LogP contribution is 2.44. The summed E-state index contributed by atoms with van der Waals surface area (Å²) in [6.45, 7) is 6.72. The van der Waals surface area contributed by atoms with Crippen LogP contribution in [0.1, 0.15) is 43.9 Å². The molecule has 4 nitrogen and oxygen atoms in total. The lowest BCUT2D eigenvalue weighted by Crippen LogP contribution is -2.12. The number of hydrogen-bond donors (Lipinski definition) is 2. The summed E-state index contributed by atoms with van der Waals surface area (Å²) < 4.78 is 0. The first-order valence-electron chi connectivity index (χ1n) is 10.5. The van der Waals surface area contributed by atoms with E-state index < -0.39 is 5.97 Å². The van der Waals surface area contributed by atoms with Gasteiger partial charge in [0.1, 0.15) is 0 Å². The van der Waals surface area contributed by atoms with Gasteiger partial charge in [0.25, 0.3) is 0 Å². The number of hydrogen-bond acceptors (Lipinski definition) is 3. The average Bonchev–Trinajstić information content (AvgIpc) is 3.35. The first kappa shape index (κ1) is 21.2. The third kappa shape index (κ3) is 4.52. The second-order valence-electron chi connectivity index (χ2n) is 7.85. The fraction of sp³-hybridized carbons (Fsp3) is 0.231. The van der Waals surface area contributed by atoms with E-state index in [-0.39, 0.29) is 0 Å². The highest BCUT2D eigenvalue weighted by Gasteiger charge is 2.28. The van der Waals surface area contributed by atoms with Crippen molar-refractivity contribution in [2.75, 3.05) is 0 Å². The zero-order chi connectivity index (χ0) is 22.0. The third-order valence-corrected chi connectivity index (χ3v) is 6.92. The molecule has 1 aliphatic heterocycles. The van der Waals surface area contributed by atoms with Crippen LogP contribution in [0, 0.1) is 5.92 Å². The van der Waals surface area contributed by atoms with E-state index in [0.29, 0.717) is 11.2 Å². The molecule has 0 spiro atoms. The van der Waals surface area contributed by atoms with E-state index in [2.05, 4.69) is 67.4 Å². The Morgan fingerprint density at radius 2 is 1.94 bits per heavy atom. The number of nitrogens with zero attached hydrogens (tertiary/aromatic N) is 1. The zero-order valence-corrected chi connectivity index (χ0v) is 18.7. The Balaban J connectivity index is 1.87. The number of nitrogens with one attached hydrogen (secondary N) is 1. The molecule has 1 aliphatic rings. The molecule has 0 fully saturated rings. The highest BCUT2D eigenvalue weighted by molar-refractivity contribution is 8.03. The van der Waals surface area contributed by atoms with Crippen LogP contribution in [-0.2, 0) is 4.79 Å². The van der Waals surface area contributed by atoms with Gasteiger partial charge in [-0.1, -0.05) is 55.8 Å². The normalized spacial score (nSPS) is 19.6. The summed E-state index contributed by atoms with van der Waals surface area (Å²) in [5.41, 5.74) is 6.89. The van der Waals surface area contributed by atoms with Crippen molar-refractivity contribution < 1.29 is 9.90 Å². The monoisotopic (exact) mass is 430 g/mol. The Morgan fingerprint density at radius 3 is 2.58 bits per heavy atom. The first-order valence-corrected chi connectivity index (χ1v) is 11.4. The maximum Gasteiger partial charge on any atom is 0.328 e. The number of carbonyl (C=O) groups is 1. The molecule has 0 bridgehead atoms. The highest BCUT2D eigenvalue weighted by atomic mass is 32.2. The van der Waals surface area contributed by atoms with E-state index >= 15 is 0 Å². The molecule has 2 atom stereocenters. The fourth-order valence-corrected chi connectivity index (χ4v) is 5.52. The number of aromatic nitrogens is 2. The van der Waals surface area contributed by atoms with Gasteiger partial charge in [0.2, 0.25) is 0 Å². The van der Waals surface area contributed by atoms with Crippen molar-refractivity contribution in [1.82, 2.24) is 10.2 Å². The van der Waals surface area contributed by atoms with Gasteiger partial charge in [-0.15, -0.1) is 11.8 Å². The predicted octanol–water partition coefficient (Wildman–Crippen LogP) is 6.53. The molecule has 3 aromatic rings. The molecule has 0 saturated heterocycles. The number of H-pyrrole nitrogens is 1. The lowest BCUT2D eigenvalue weighted by molar-refractivity contribution is -0.131. The molecule has 5 heteroatoms. The van der Waals surface area contributed by atoms with E-state index in [4.69, 9.17) is 5.11 Å². The van der Waals surface area contributed by atoms with Gasteiger partial charge in [0.15, 0.2) is 0 Å². The van der Waals surface area contributed by atoms with Crippen molar-refractivity contribution in [3.05, 3.63) is 88.0 Å². The average molecular weight is 431 g/mol. The minimum atomic E-state index is -0.943. The smallest absolute Gasteiger partial charge is 0.328 e. The molecule has 158 valence electrons. The van der Waals surface area contributed by atoms with Crippen LogP contribution in [0.4, 0.5) is 0 Å². The van der Waals surface area contributed by atoms with Crippen molar-refractivity contribution in [3.63, 3.8) is 0 Å². The minimum absolute atomic E-state index is 0.386. The standard InChI is InChI=1S/C26H26N2O2S/c1-4-22(23-13-16(2)31-17(23)3)26(20-10-11-24-21(14-20)15-27-28-24)19-8-5-18(6-9-19)7-12-25(29)30/h5-15,17,23H,4H2,1-3H3,(H,27,28)(H,29,30)/b12-7+,26-22+. The second-order valence-corrected chi connectivity index (χ2v) is 9.47. The zero-order valence-electron chi connectivity index (χ0n) is 17.9. The lowest BCUT2D eigenvalue weighted by atomic mass is 9.83. The molecule has 31 heavy (non-hydrogen) atoms. The number of carboxylic acids is 1. The minimum Gasteiger partial charge on any atom is -0.478 e. The molecular formula is C26H26N2O2S. The number of fused-ring (bicyclic) bond motifs is 1. The Labute approximate surface area is 186 Å². The molecule has 0 aliphatic carbocycles. The topological polar surface area (TPSA) is 66.0 Å². The molecule has 4 rings (SSSR count). The van der Waals surface area contributed by atoms with Crippen LogP contribution in [-0.4, -0.2) is 26.5 Å². The summed E-state index contributed by atoms with van der Waals surface area (Å²) in [5.74, 6) is -0.558. The van der Waals surface area contributed by atoms with Crippen LogP contribution in [0.5, 0.6) is 0 Å². The molecule has 0 amide bonds. The Kier molecular flexibility index (Phi) is 6.14. The van der Waals surface area contributed by atoms with Gasteiger partial charge in [0, 0.05) is 22.6 Å². The summed E-state index contributed by atoms with van der Waals surface area (Å²) in [5, 5.41) is 17.7. The maximum atomic E-state index is 10.8. The number of aromatic amines is 1. The van der Waals surface area contributed by atoms with Gasteiger partial charge >= 0.3 is 5.97 Å². The van der Waals surface area contributed by atoms with Crippen molar-refractivity contribution in [1.29, 1.82) is 0 Å². The van der Waals surface area contributed by atoms with E-state index in [1.54, 1.807) is 6.08 Å². The van der Waals surface area contributed by atoms with E-state index in [1.807, 2.05) is 30.1 Å². The number of thioether (sulfide) groups is 1. The van der Waals surface area contributed by atoms with Gasteiger partial charge in [-0.25, -0.2) is 4.79 Å². The summed E-state index contributed by atoms with van der Waals surface area (Å²) in [6.07, 6.45) is 8.00. The number of allylic oxidation sites excluding steroid dienone is 3. The molecule has 2 unspecified atom stereocenters. The molecular weight excluding hydrogens is 404 g/mol. The van der Waals surface area contributed by atoms with Crippen LogP contribution < -0.4 is 0 Å². The van der Waals surface area contributed by atoms with Gasteiger partial charge in [0.05, 0.1) is 11.7 Å². The van der Waals surface area contributed by atoms with Crippen molar-refractivity contribution in [3.8, 4) is 0 Å². The summed E-state index contributed by atoms with van der Waals surface area (Å²) >= 11 is 1.94. The van der Waals surface area contributed by atoms with Gasteiger partial charge in [-0.2, -0.15) is 5.10 Å². The molecule has 0 saturated carbocycles. The van der Waals surface area contributed by atoms with Gasteiger partial charge < -0.3 is 5.11 Å². The second kappa shape index (κ2) is 8.98. The summed E-state index contributed by atoms with van der Waals surface area (Å²) in [6, 6.07) is 14.6. The van der Waals surface area contributed by atoms with Crippen LogP contribution in [0.15, 0.2) is 71.3 Å². The quantitative estimate of drug-likeness (QED) is 0.437. The Morgan fingerprint density at radius 1 is 1.19 bits per heavy atom. The molecule has 0 radical (unpaired) electrons. The molecule has 2 aromatic carbocycles. The van der Waals surface area contributed by atoms with Crippen molar-refractivity contribution in [2.24, 2.45) is 5.92 Å². The molecule has 1 aromatic heterocycles.